The minimum atomic E-state index is -0.936. The van der Waals surface area contributed by atoms with Crippen molar-refractivity contribution in [3.63, 3.8) is 0 Å². The first-order valence-corrected chi connectivity index (χ1v) is 7.78. The zero-order chi connectivity index (χ0) is 17.3. The average molecular weight is 349 g/mol. The molecule has 3 heterocycles. The molecule has 2 N–H and O–H groups in total. The fourth-order valence-electron chi connectivity index (χ4n) is 2.61. The number of nitrogens with zero attached hydrogens (tertiary/aromatic N) is 5. The topological polar surface area (TPSA) is 97.9 Å². The van der Waals surface area contributed by atoms with Crippen molar-refractivity contribution in [2.75, 3.05) is 5.32 Å². The molecule has 0 radical (unpaired) electrons. The third-order valence-electron chi connectivity index (χ3n) is 3.68. The number of carbonyl (C=O) groups is 1. The van der Waals surface area contributed by atoms with Crippen molar-refractivity contribution >= 4 is 34.4 Å². The number of aromatic nitrogens is 5. The molecule has 0 bridgehead atoms. The van der Waals surface area contributed by atoms with Crippen molar-refractivity contribution < 1.29 is 9.90 Å². The number of halogens is 1. The Bertz CT molecular complexity index is 887. The molecule has 1 unspecified atom stereocenters. The van der Waals surface area contributed by atoms with E-state index in [9.17, 15) is 4.79 Å². The van der Waals surface area contributed by atoms with Crippen LogP contribution in [0.2, 0.25) is 5.28 Å². The van der Waals surface area contributed by atoms with Gasteiger partial charge in [0, 0.05) is 38.1 Å². The molecule has 0 aliphatic heterocycles. The molecule has 0 aliphatic rings. The first kappa shape index (κ1) is 16.3. The van der Waals surface area contributed by atoms with Gasteiger partial charge >= 0.3 is 5.97 Å². The van der Waals surface area contributed by atoms with E-state index in [4.69, 9.17) is 16.7 Å². The van der Waals surface area contributed by atoms with Crippen LogP contribution in [-0.2, 0) is 24.8 Å². The summed E-state index contributed by atoms with van der Waals surface area (Å²) >= 11 is 5.99. The highest BCUT2D eigenvalue weighted by Crippen LogP contribution is 2.24. The van der Waals surface area contributed by atoms with Crippen LogP contribution in [0.4, 0.5) is 5.82 Å². The van der Waals surface area contributed by atoms with E-state index in [0.717, 1.165) is 5.82 Å². The summed E-state index contributed by atoms with van der Waals surface area (Å²) in [6.07, 6.45) is 5.99. The minimum absolute atomic E-state index is 0.0217. The summed E-state index contributed by atoms with van der Waals surface area (Å²) in [7, 11) is 1.94. The van der Waals surface area contributed by atoms with Gasteiger partial charge in [0.05, 0.1) is 5.52 Å². The van der Waals surface area contributed by atoms with Crippen LogP contribution in [0.5, 0.6) is 0 Å². The highest BCUT2D eigenvalue weighted by atomic mass is 35.5. The van der Waals surface area contributed by atoms with Crippen molar-refractivity contribution in [1.29, 1.82) is 0 Å². The highest BCUT2D eigenvalue weighted by Gasteiger charge is 2.16. The van der Waals surface area contributed by atoms with E-state index >= 15 is 0 Å². The molecule has 3 aromatic heterocycles. The molecular formula is C15H17ClN6O2. The van der Waals surface area contributed by atoms with Gasteiger partial charge in [-0.05, 0) is 24.6 Å². The summed E-state index contributed by atoms with van der Waals surface area (Å²) in [6, 6.07) is 1.74. The number of anilines is 1. The second-order valence-electron chi connectivity index (χ2n) is 5.62. The summed E-state index contributed by atoms with van der Waals surface area (Å²) in [6.45, 7) is 1.83. The third kappa shape index (κ3) is 3.33. The predicted molar refractivity (Wildman–Crippen MR) is 90.2 cm³/mol. The minimum Gasteiger partial charge on any atom is -0.480 e. The Hall–Kier alpha value is -2.61. The first-order chi connectivity index (χ1) is 11.4. The lowest BCUT2D eigenvalue weighted by Crippen LogP contribution is -2.21. The quantitative estimate of drug-likeness (QED) is 0.661. The SMILES string of the molecule is CC(Cc1nccn1C)Nc1nc(Cl)nc2ccn(CC(=O)O)c12. The van der Waals surface area contributed by atoms with Crippen LogP contribution in [0.3, 0.4) is 0 Å². The third-order valence-corrected chi connectivity index (χ3v) is 3.85. The van der Waals surface area contributed by atoms with Gasteiger partial charge in [-0.15, -0.1) is 0 Å². The van der Waals surface area contributed by atoms with Crippen LogP contribution in [0.15, 0.2) is 24.7 Å². The van der Waals surface area contributed by atoms with Crippen molar-refractivity contribution in [3.8, 4) is 0 Å². The Labute approximate surface area is 143 Å². The zero-order valence-corrected chi connectivity index (χ0v) is 14.0. The molecule has 9 heteroatoms. The number of imidazole rings is 1. The fraction of sp³-hybridized carbons (Fsp3) is 0.333. The van der Waals surface area contributed by atoms with Crippen LogP contribution >= 0.6 is 11.6 Å². The summed E-state index contributed by atoms with van der Waals surface area (Å²) in [5, 5.41) is 12.5. The fourth-order valence-corrected chi connectivity index (χ4v) is 2.78. The van der Waals surface area contributed by atoms with Gasteiger partial charge < -0.3 is 19.6 Å². The number of carboxylic acids is 1. The van der Waals surface area contributed by atoms with Crippen molar-refractivity contribution in [2.45, 2.75) is 25.9 Å². The van der Waals surface area contributed by atoms with Gasteiger partial charge in [-0.25, -0.2) is 9.97 Å². The van der Waals surface area contributed by atoms with Crippen LogP contribution in [0.1, 0.15) is 12.7 Å². The smallest absolute Gasteiger partial charge is 0.323 e. The monoisotopic (exact) mass is 348 g/mol. The maximum atomic E-state index is 11.0. The molecule has 24 heavy (non-hydrogen) atoms. The normalized spacial score (nSPS) is 12.5. The lowest BCUT2D eigenvalue weighted by atomic mass is 10.2. The van der Waals surface area contributed by atoms with Crippen LogP contribution < -0.4 is 5.32 Å². The Kier molecular flexibility index (Phi) is 4.39. The Morgan fingerprint density at radius 1 is 1.42 bits per heavy atom. The summed E-state index contributed by atoms with van der Waals surface area (Å²) in [4.78, 5) is 23.7. The summed E-state index contributed by atoms with van der Waals surface area (Å²) < 4.78 is 3.54. The molecule has 0 aromatic carbocycles. The number of nitrogens with one attached hydrogen (secondary N) is 1. The van der Waals surface area contributed by atoms with Crippen molar-refractivity contribution in [1.82, 2.24) is 24.1 Å². The van der Waals surface area contributed by atoms with Crippen molar-refractivity contribution in [3.05, 3.63) is 35.8 Å². The molecule has 3 aromatic rings. The molecule has 1 atom stereocenters. The molecule has 0 spiro atoms. The number of hydrogen-bond donors (Lipinski definition) is 2. The number of rotatable bonds is 6. The maximum Gasteiger partial charge on any atom is 0.323 e. The van der Waals surface area contributed by atoms with Crippen LogP contribution in [0.25, 0.3) is 11.0 Å². The van der Waals surface area contributed by atoms with Crippen molar-refractivity contribution in [2.24, 2.45) is 7.05 Å². The molecule has 3 rings (SSSR count). The molecule has 126 valence electrons. The van der Waals surface area contributed by atoms with Gasteiger partial charge in [-0.2, -0.15) is 4.98 Å². The van der Waals surface area contributed by atoms with E-state index in [2.05, 4.69) is 20.3 Å². The maximum absolute atomic E-state index is 11.0. The number of aliphatic carboxylic acids is 1. The van der Waals surface area contributed by atoms with E-state index in [1.165, 1.54) is 0 Å². The number of aryl methyl sites for hydroxylation is 1. The van der Waals surface area contributed by atoms with E-state index in [-0.39, 0.29) is 17.9 Å². The van der Waals surface area contributed by atoms with Gasteiger partial charge in [0.1, 0.15) is 17.9 Å². The average Bonchev–Trinajstić information content (AvgIpc) is 3.05. The Balaban J connectivity index is 1.91. The predicted octanol–water partition coefficient (Wildman–Crippen LogP) is 1.95. The summed E-state index contributed by atoms with van der Waals surface area (Å²) in [5.41, 5.74) is 1.22. The standard InChI is InChI=1S/C15H17ClN6O2/c1-9(7-11-17-4-6-21(11)2)18-14-13-10(19-15(16)20-14)3-5-22(13)8-12(23)24/h3-6,9H,7-8H2,1-2H3,(H,23,24)(H,18,19,20). The van der Waals surface area contributed by atoms with Crippen LogP contribution in [0, 0.1) is 0 Å². The Morgan fingerprint density at radius 3 is 2.88 bits per heavy atom. The van der Waals surface area contributed by atoms with Gasteiger partial charge in [-0.1, -0.05) is 0 Å². The lowest BCUT2D eigenvalue weighted by molar-refractivity contribution is -0.137. The summed E-state index contributed by atoms with van der Waals surface area (Å²) in [5.74, 6) is 0.514. The van der Waals surface area contributed by atoms with Gasteiger partial charge in [0.25, 0.3) is 0 Å². The largest absolute Gasteiger partial charge is 0.480 e. The molecule has 0 aliphatic carbocycles. The molecular weight excluding hydrogens is 332 g/mol. The number of fused-ring (bicyclic) bond motifs is 1. The van der Waals surface area contributed by atoms with Gasteiger partial charge in [0.15, 0.2) is 5.82 Å². The van der Waals surface area contributed by atoms with Crippen LogP contribution in [-0.4, -0.2) is 41.2 Å². The number of hydrogen-bond acceptors (Lipinski definition) is 5. The molecule has 0 saturated carbocycles. The molecule has 0 fully saturated rings. The van der Waals surface area contributed by atoms with Gasteiger partial charge in [-0.3, -0.25) is 4.79 Å². The second-order valence-corrected chi connectivity index (χ2v) is 5.95. The molecule has 0 amide bonds. The van der Waals surface area contributed by atoms with E-state index in [1.54, 1.807) is 23.0 Å². The van der Waals surface area contributed by atoms with E-state index < -0.39 is 5.97 Å². The zero-order valence-electron chi connectivity index (χ0n) is 13.3. The lowest BCUT2D eigenvalue weighted by Gasteiger charge is -2.16. The Morgan fingerprint density at radius 2 is 2.21 bits per heavy atom. The molecule has 8 nitrogen and oxygen atoms in total. The van der Waals surface area contributed by atoms with E-state index in [0.29, 0.717) is 23.3 Å². The first-order valence-electron chi connectivity index (χ1n) is 7.41. The van der Waals surface area contributed by atoms with E-state index in [1.807, 2.05) is 24.7 Å². The second kappa shape index (κ2) is 6.48. The number of carboxylic acid groups (broad SMARTS) is 1. The molecule has 0 saturated heterocycles. The highest BCUT2D eigenvalue weighted by molar-refractivity contribution is 6.28. The van der Waals surface area contributed by atoms with Gasteiger partial charge in [0.2, 0.25) is 5.28 Å².